The molecule has 2 aromatic heterocycles. The summed E-state index contributed by atoms with van der Waals surface area (Å²) in [6, 6.07) is 87.4. The van der Waals surface area contributed by atoms with Gasteiger partial charge in [0.2, 0.25) is 0 Å². The van der Waals surface area contributed by atoms with Crippen LogP contribution in [0.25, 0.3) is 89.5 Å². The second kappa shape index (κ2) is 15.5. The van der Waals surface area contributed by atoms with Gasteiger partial charge < -0.3 is 0 Å². The molecule has 0 aliphatic rings. The summed E-state index contributed by atoms with van der Waals surface area (Å²) in [5.41, 5.74) is 18.2. The van der Waals surface area contributed by atoms with Gasteiger partial charge in [0.25, 0.3) is 0 Å². The van der Waals surface area contributed by atoms with Gasteiger partial charge in [-0.05, 0) is 22.3 Å². The maximum atomic E-state index is 2.54. The lowest BCUT2D eigenvalue weighted by molar-refractivity contribution is 0.699. The van der Waals surface area contributed by atoms with Crippen molar-refractivity contribution in [2.75, 3.05) is 0 Å². The predicted molar refractivity (Wildman–Crippen MR) is 243 cm³/mol. The molecule has 0 N–H and O–H groups in total. The van der Waals surface area contributed by atoms with Gasteiger partial charge in [-0.2, -0.15) is 0 Å². The van der Waals surface area contributed by atoms with Crippen LogP contribution in [0.4, 0.5) is 0 Å². The number of hydrogen-bond donors (Lipinski definition) is 0. The van der Waals surface area contributed by atoms with Gasteiger partial charge in [0.15, 0.2) is 0 Å². The van der Waals surface area contributed by atoms with Crippen LogP contribution in [0.5, 0.6) is 0 Å². The first-order valence-electron chi connectivity index (χ1n) is 19.9. The Morgan fingerprint density at radius 2 is 0.293 bits per heavy atom. The summed E-state index contributed by atoms with van der Waals surface area (Å²) in [7, 11) is 0. The van der Waals surface area contributed by atoms with Gasteiger partial charge in [0.05, 0.1) is 22.8 Å². The number of nitrogens with zero attached hydrogens (tertiary/aromatic N) is 2. The summed E-state index contributed by atoms with van der Waals surface area (Å²) in [6.45, 7) is 0. The van der Waals surface area contributed by atoms with Gasteiger partial charge >= 0.3 is 0 Å². The standard InChI is InChI=1S/C56H40N2/c1-9-25-41(26-10-1)49-50(42-27-11-2-12-28-42)54(46-35-19-6-20-36-46)57(53(49)45-33-17-5-18-34-45)58-55(47-37-21-7-22-38-47)51(43-29-13-3-14-30-43)52(44-31-15-4-16-32-44)56(58)48-39-23-8-24-40-48/h1-40H. The van der Waals surface area contributed by atoms with E-state index in [9.17, 15) is 0 Å². The van der Waals surface area contributed by atoms with Gasteiger partial charge in [-0.1, -0.05) is 243 Å². The van der Waals surface area contributed by atoms with Crippen LogP contribution in [-0.4, -0.2) is 9.35 Å². The van der Waals surface area contributed by atoms with Crippen molar-refractivity contribution in [3.8, 4) is 89.5 Å². The average Bonchev–Trinajstić information content (AvgIpc) is 3.86. The molecule has 274 valence electrons. The fraction of sp³-hybridized carbons (Fsp3) is 0. The topological polar surface area (TPSA) is 9.86 Å². The Hall–Kier alpha value is -7.68. The zero-order chi connectivity index (χ0) is 38.7. The molecule has 0 saturated carbocycles. The van der Waals surface area contributed by atoms with Gasteiger partial charge in [-0.25, -0.2) is 9.35 Å². The van der Waals surface area contributed by atoms with Crippen LogP contribution in [0.15, 0.2) is 243 Å². The number of benzene rings is 8. The highest BCUT2D eigenvalue weighted by Gasteiger charge is 2.34. The van der Waals surface area contributed by atoms with Gasteiger partial charge in [0.1, 0.15) is 0 Å². The molecule has 10 rings (SSSR count). The third-order valence-electron chi connectivity index (χ3n) is 10.9. The van der Waals surface area contributed by atoms with Crippen molar-refractivity contribution in [2.24, 2.45) is 0 Å². The second-order valence-electron chi connectivity index (χ2n) is 14.4. The van der Waals surface area contributed by atoms with E-state index in [-0.39, 0.29) is 0 Å². The van der Waals surface area contributed by atoms with Crippen molar-refractivity contribution in [1.82, 2.24) is 9.35 Å². The fourth-order valence-corrected chi connectivity index (χ4v) is 8.51. The Balaban J connectivity index is 1.54. The summed E-state index contributed by atoms with van der Waals surface area (Å²) >= 11 is 0. The summed E-state index contributed by atoms with van der Waals surface area (Å²) in [4.78, 5) is 0. The zero-order valence-electron chi connectivity index (χ0n) is 32.0. The lowest BCUT2D eigenvalue weighted by atomic mass is 9.91. The Labute approximate surface area is 340 Å². The third-order valence-corrected chi connectivity index (χ3v) is 10.9. The molecule has 0 spiro atoms. The van der Waals surface area contributed by atoms with E-state index in [4.69, 9.17) is 0 Å². The number of aromatic nitrogens is 2. The molecular formula is C56H40N2. The van der Waals surface area contributed by atoms with Crippen LogP contribution < -0.4 is 0 Å². The first kappa shape index (κ1) is 34.8. The molecule has 0 saturated heterocycles. The van der Waals surface area contributed by atoms with Gasteiger partial charge in [0, 0.05) is 44.5 Å². The van der Waals surface area contributed by atoms with Gasteiger partial charge in [-0.15, -0.1) is 0 Å². The molecule has 0 aliphatic heterocycles. The van der Waals surface area contributed by atoms with Crippen LogP contribution in [0.2, 0.25) is 0 Å². The largest absolute Gasteiger partial charge is 0.246 e. The molecule has 0 amide bonds. The van der Waals surface area contributed by atoms with Crippen LogP contribution in [0.1, 0.15) is 0 Å². The highest BCUT2D eigenvalue weighted by molar-refractivity contribution is 6.05. The van der Waals surface area contributed by atoms with Crippen LogP contribution in [-0.2, 0) is 0 Å². The minimum absolute atomic E-state index is 1.10. The zero-order valence-corrected chi connectivity index (χ0v) is 32.0. The molecule has 0 fully saturated rings. The smallest absolute Gasteiger partial charge is 0.0795 e. The van der Waals surface area contributed by atoms with E-state index in [1.807, 2.05) is 0 Å². The van der Waals surface area contributed by atoms with Crippen LogP contribution in [0.3, 0.4) is 0 Å². The maximum Gasteiger partial charge on any atom is 0.0795 e. The van der Waals surface area contributed by atoms with E-state index in [2.05, 4.69) is 252 Å². The average molecular weight is 741 g/mol. The van der Waals surface area contributed by atoms with E-state index in [1.54, 1.807) is 0 Å². The third kappa shape index (κ3) is 6.18. The molecule has 0 radical (unpaired) electrons. The minimum Gasteiger partial charge on any atom is -0.246 e. The van der Waals surface area contributed by atoms with E-state index in [0.29, 0.717) is 0 Å². The quantitative estimate of drug-likeness (QED) is 0.139. The van der Waals surface area contributed by atoms with E-state index in [0.717, 1.165) is 67.3 Å². The molecule has 8 aromatic carbocycles. The molecule has 2 heteroatoms. The first-order valence-corrected chi connectivity index (χ1v) is 19.9. The van der Waals surface area contributed by atoms with Crippen molar-refractivity contribution in [2.45, 2.75) is 0 Å². The van der Waals surface area contributed by atoms with E-state index >= 15 is 0 Å². The van der Waals surface area contributed by atoms with E-state index < -0.39 is 0 Å². The van der Waals surface area contributed by atoms with Crippen molar-refractivity contribution < 1.29 is 0 Å². The van der Waals surface area contributed by atoms with Crippen molar-refractivity contribution >= 4 is 0 Å². The second-order valence-corrected chi connectivity index (χ2v) is 14.4. The Morgan fingerprint density at radius 1 is 0.155 bits per heavy atom. The SMILES string of the molecule is c1ccc(-c2c(-c3ccccc3)c(-c3ccccc3)n(-n3c(-c4ccccc4)c(-c4ccccc4)c(-c4ccccc4)c3-c3ccccc3)c2-c2ccccc2)cc1. The first-order chi connectivity index (χ1) is 28.9. The Morgan fingerprint density at radius 3 is 0.448 bits per heavy atom. The molecule has 0 aliphatic carbocycles. The van der Waals surface area contributed by atoms with Crippen LogP contribution in [0, 0.1) is 0 Å². The normalized spacial score (nSPS) is 11.1. The highest BCUT2D eigenvalue weighted by Crippen LogP contribution is 2.53. The lowest BCUT2D eigenvalue weighted by Gasteiger charge is -2.23. The van der Waals surface area contributed by atoms with Gasteiger partial charge in [-0.3, -0.25) is 0 Å². The Kier molecular flexibility index (Phi) is 9.27. The van der Waals surface area contributed by atoms with Crippen molar-refractivity contribution in [3.63, 3.8) is 0 Å². The summed E-state index contributed by atoms with van der Waals surface area (Å²) in [6.07, 6.45) is 0. The monoisotopic (exact) mass is 740 g/mol. The lowest BCUT2D eigenvalue weighted by Crippen LogP contribution is -2.15. The molecular weight excluding hydrogens is 701 g/mol. The maximum absolute atomic E-state index is 2.54. The number of rotatable bonds is 9. The summed E-state index contributed by atoms with van der Waals surface area (Å²) in [5.74, 6) is 0. The highest BCUT2D eigenvalue weighted by atomic mass is 15.5. The molecule has 10 aromatic rings. The Bertz CT molecular complexity index is 2510. The molecule has 0 atom stereocenters. The van der Waals surface area contributed by atoms with Crippen molar-refractivity contribution in [3.05, 3.63) is 243 Å². The van der Waals surface area contributed by atoms with Crippen LogP contribution >= 0.6 is 0 Å². The molecule has 2 heterocycles. The molecule has 2 nitrogen and oxygen atoms in total. The van der Waals surface area contributed by atoms with E-state index in [1.165, 1.54) is 22.3 Å². The summed E-state index contributed by atoms with van der Waals surface area (Å²) in [5, 5.41) is 0. The molecule has 0 unspecified atom stereocenters. The summed E-state index contributed by atoms with van der Waals surface area (Å²) < 4.78 is 5.08. The minimum atomic E-state index is 1.10. The fourth-order valence-electron chi connectivity index (χ4n) is 8.51. The molecule has 58 heavy (non-hydrogen) atoms. The number of hydrogen-bond acceptors (Lipinski definition) is 0. The predicted octanol–water partition coefficient (Wildman–Crippen LogP) is 14.9. The molecule has 0 bridgehead atoms. The van der Waals surface area contributed by atoms with Crippen molar-refractivity contribution in [1.29, 1.82) is 0 Å².